The van der Waals surface area contributed by atoms with Gasteiger partial charge in [-0.3, -0.25) is 0 Å². The van der Waals surface area contributed by atoms with Gasteiger partial charge in [-0.15, -0.1) is 11.3 Å². The van der Waals surface area contributed by atoms with Gasteiger partial charge >= 0.3 is 0 Å². The van der Waals surface area contributed by atoms with Crippen molar-refractivity contribution in [1.29, 1.82) is 0 Å². The summed E-state index contributed by atoms with van der Waals surface area (Å²) in [6.07, 6.45) is 0. The minimum absolute atomic E-state index is 0.0592. The van der Waals surface area contributed by atoms with Crippen molar-refractivity contribution in [3.8, 4) is 0 Å². The van der Waals surface area contributed by atoms with E-state index in [1.807, 2.05) is 6.92 Å². The third-order valence-electron chi connectivity index (χ3n) is 3.03. The molecule has 0 unspecified atom stereocenters. The van der Waals surface area contributed by atoms with Crippen LogP contribution in [0, 0.1) is 6.92 Å². The standard InChI is InChI=1S/C10H15NO4S3/c1-3-17(12,13)9-6-11(7-9)18(14,15)10-5-4-8(2)16-10/h4-5,9H,3,6-7H2,1-2H3. The van der Waals surface area contributed by atoms with Crippen LogP contribution in [0.2, 0.25) is 0 Å². The first-order valence-electron chi connectivity index (χ1n) is 5.55. The molecule has 0 saturated carbocycles. The molecular formula is C10H15NO4S3. The van der Waals surface area contributed by atoms with Crippen molar-refractivity contribution in [3.63, 3.8) is 0 Å². The highest BCUT2D eigenvalue weighted by atomic mass is 32.2. The maximum absolute atomic E-state index is 12.1. The van der Waals surface area contributed by atoms with Crippen LogP contribution in [0.15, 0.2) is 16.3 Å². The number of sulfonamides is 1. The molecule has 0 N–H and O–H groups in total. The summed E-state index contributed by atoms with van der Waals surface area (Å²) in [7, 11) is -6.63. The van der Waals surface area contributed by atoms with Gasteiger partial charge in [0, 0.05) is 23.7 Å². The van der Waals surface area contributed by atoms with Crippen LogP contribution in [0.5, 0.6) is 0 Å². The zero-order chi connectivity index (χ0) is 13.6. The Morgan fingerprint density at radius 1 is 1.28 bits per heavy atom. The van der Waals surface area contributed by atoms with E-state index < -0.39 is 25.1 Å². The molecule has 0 bridgehead atoms. The molecule has 2 rings (SSSR count). The molecule has 1 aliphatic rings. The van der Waals surface area contributed by atoms with Crippen molar-refractivity contribution in [2.24, 2.45) is 0 Å². The minimum atomic E-state index is -3.50. The molecule has 1 saturated heterocycles. The fraction of sp³-hybridized carbons (Fsp3) is 0.600. The molecule has 0 spiro atoms. The minimum Gasteiger partial charge on any atom is -0.228 e. The molecule has 102 valence electrons. The van der Waals surface area contributed by atoms with Gasteiger partial charge in [-0.1, -0.05) is 6.92 Å². The third-order valence-corrected chi connectivity index (χ3v) is 8.45. The van der Waals surface area contributed by atoms with Crippen LogP contribution < -0.4 is 0 Å². The Hall–Kier alpha value is -0.440. The van der Waals surface area contributed by atoms with E-state index in [1.165, 1.54) is 15.6 Å². The van der Waals surface area contributed by atoms with Crippen molar-refractivity contribution >= 4 is 31.2 Å². The Labute approximate surface area is 111 Å². The van der Waals surface area contributed by atoms with Gasteiger partial charge < -0.3 is 0 Å². The number of thiophene rings is 1. The maximum Gasteiger partial charge on any atom is 0.252 e. The largest absolute Gasteiger partial charge is 0.252 e. The normalized spacial score (nSPS) is 18.8. The quantitative estimate of drug-likeness (QED) is 0.827. The highest BCUT2D eigenvalue weighted by Gasteiger charge is 2.43. The molecule has 1 aliphatic heterocycles. The van der Waals surface area contributed by atoms with Crippen LogP contribution in [0.1, 0.15) is 11.8 Å². The lowest BCUT2D eigenvalue weighted by Gasteiger charge is -2.36. The monoisotopic (exact) mass is 309 g/mol. The summed E-state index contributed by atoms with van der Waals surface area (Å²) in [5, 5.41) is -0.543. The predicted molar refractivity (Wildman–Crippen MR) is 71.1 cm³/mol. The number of hydrogen-bond acceptors (Lipinski definition) is 5. The fourth-order valence-electron chi connectivity index (χ4n) is 1.74. The first-order chi connectivity index (χ1) is 8.27. The first-order valence-corrected chi connectivity index (χ1v) is 9.52. The van der Waals surface area contributed by atoms with Crippen LogP contribution in [0.3, 0.4) is 0 Å². The third kappa shape index (κ3) is 2.34. The highest BCUT2D eigenvalue weighted by Crippen LogP contribution is 2.29. The molecule has 18 heavy (non-hydrogen) atoms. The fourth-order valence-corrected chi connectivity index (χ4v) is 6.18. The number of hydrogen-bond donors (Lipinski definition) is 0. The smallest absolute Gasteiger partial charge is 0.228 e. The van der Waals surface area contributed by atoms with Crippen LogP contribution >= 0.6 is 11.3 Å². The van der Waals surface area contributed by atoms with E-state index in [2.05, 4.69) is 0 Å². The lowest BCUT2D eigenvalue weighted by Crippen LogP contribution is -2.56. The zero-order valence-corrected chi connectivity index (χ0v) is 12.6. The predicted octanol–water partition coefficient (Wildman–Crippen LogP) is 0.864. The molecular weight excluding hydrogens is 294 g/mol. The zero-order valence-electron chi connectivity index (χ0n) is 10.2. The lowest BCUT2D eigenvalue weighted by atomic mass is 10.3. The van der Waals surface area contributed by atoms with E-state index >= 15 is 0 Å². The van der Waals surface area contributed by atoms with E-state index in [-0.39, 0.29) is 23.1 Å². The SMILES string of the molecule is CCS(=O)(=O)C1CN(S(=O)(=O)c2ccc(C)s2)C1. The van der Waals surface area contributed by atoms with Gasteiger partial charge in [0.2, 0.25) is 0 Å². The van der Waals surface area contributed by atoms with Crippen LogP contribution in [-0.2, 0) is 19.9 Å². The molecule has 1 aromatic rings. The molecule has 5 nitrogen and oxygen atoms in total. The summed E-state index contributed by atoms with van der Waals surface area (Å²) in [5.74, 6) is 0.0592. The molecule has 1 fully saturated rings. The Balaban J connectivity index is 2.13. The van der Waals surface area contributed by atoms with Gasteiger partial charge in [-0.05, 0) is 19.1 Å². The summed E-state index contributed by atoms with van der Waals surface area (Å²) in [6.45, 7) is 3.57. The second kappa shape index (κ2) is 4.59. The van der Waals surface area contributed by atoms with Gasteiger partial charge in [0.25, 0.3) is 10.0 Å². The summed E-state index contributed by atoms with van der Waals surface area (Å²) in [6, 6.07) is 3.31. The van der Waals surface area contributed by atoms with E-state index in [0.29, 0.717) is 0 Å². The van der Waals surface area contributed by atoms with Gasteiger partial charge in [0.1, 0.15) is 4.21 Å². The molecule has 0 aromatic carbocycles. The summed E-state index contributed by atoms with van der Waals surface area (Å²) in [5.41, 5.74) is 0. The summed E-state index contributed by atoms with van der Waals surface area (Å²) >= 11 is 1.21. The number of nitrogens with zero attached hydrogens (tertiary/aromatic N) is 1. The Morgan fingerprint density at radius 2 is 1.89 bits per heavy atom. The van der Waals surface area contributed by atoms with Gasteiger partial charge in [0.15, 0.2) is 9.84 Å². The molecule has 0 aliphatic carbocycles. The summed E-state index contributed by atoms with van der Waals surface area (Å²) in [4.78, 5) is 0.923. The number of rotatable bonds is 4. The van der Waals surface area contributed by atoms with E-state index in [9.17, 15) is 16.8 Å². The maximum atomic E-state index is 12.1. The molecule has 0 amide bonds. The van der Waals surface area contributed by atoms with Crippen molar-refractivity contribution < 1.29 is 16.8 Å². The second-order valence-corrected chi connectivity index (χ2v) is 10.3. The highest BCUT2D eigenvalue weighted by molar-refractivity contribution is 7.93. The second-order valence-electron chi connectivity index (χ2n) is 4.26. The lowest BCUT2D eigenvalue weighted by molar-refractivity contribution is 0.310. The molecule has 1 aromatic heterocycles. The topological polar surface area (TPSA) is 71.5 Å². The Morgan fingerprint density at radius 3 is 2.33 bits per heavy atom. The van der Waals surface area contributed by atoms with E-state index in [1.54, 1.807) is 19.1 Å². The Kier molecular flexibility index (Phi) is 3.56. The van der Waals surface area contributed by atoms with Gasteiger partial charge in [-0.25, -0.2) is 16.8 Å². The molecule has 2 heterocycles. The molecule has 8 heteroatoms. The van der Waals surface area contributed by atoms with Crippen LogP contribution in [0.25, 0.3) is 0 Å². The number of aryl methyl sites for hydroxylation is 1. The van der Waals surface area contributed by atoms with E-state index in [0.717, 1.165) is 4.88 Å². The Bertz CT molecular complexity index is 638. The van der Waals surface area contributed by atoms with Crippen molar-refractivity contribution in [2.75, 3.05) is 18.8 Å². The molecule has 0 radical (unpaired) electrons. The van der Waals surface area contributed by atoms with Gasteiger partial charge in [-0.2, -0.15) is 4.31 Å². The van der Waals surface area contributed by atoms with Gasteiger partial charge in [0.05, 0.1) is 5.25 Å². The average Bonchev–Trinajstić information content (AvgIpc) is 2.62. The number of sulfone groups is 1. The first kappa shape index (κ1) is 14.0. The van der Waals surface area contributed by atoms with Crippen LogP contribution in [-0.4, -0.2) is 45.2 Å². The van der Waals surface area contributed by atoms with Crippen molar-refractivity contribution in [2.45, 2.75) is 23.3 Å². The van der Waals surface area contributed by atoms with Crippen molar-refractivity contribution in [1.82, 2.24) is 4.31 Å². The average molecular weight is 309 g/mol. The van der Waals surface area contributed by atoms with Crippen molar-refractivity contribution in [3.05, 3.63) is 17.0 Å². The van der Waals surface area contributed by atoms with Crippen LogP contribution in [0.4, 0.5) is 0 Å². The summed E-state index contributed by atoms with van der Waals surface area (Å²) < 4.78 is 48.9. The van der Waals surface area contributed by atoms with E-state index in [4.69, 9.17) is 0 Å². The molecule has 0 atom stereocenters.